The minimum atomic E-state index is -0.786. The Morgan fingerprint density at radius 2 is 1.73 bits per heavy atom. The topological polar surface area (TPSA) is 69.9 Å². The van der Waals surface area contributed by atoms with Gasteiger partial charge < -0.3 is 9.47 Å². The second-order valence-corrected chi connectivity index (χ2v) is 13.6. The van der Waals surface area contributed by atoms with Crippen LogP contribution in [0.15, 0.2) is 117 Å². The molecule has 0 amide bonds. The van der Waals surface area contributed by atoms with Gasteiger partial charge in [0.05, 0.1) is 32.0 Å². The Hall–Kier alpha value is -3.51. The first-order valence-corrected chi connectivity index (χ1v) is 17.1. The SMILES string of the molecule is CCOC(=O)C1=C(c2ccccc2)N=c2s/c(=C\c3cc(Br)cc(I)c3OCc3ccccc3)c(=O)n2[C@@H]1c1ccc(Cl)cc1. The standard InChI is InChI=1S/C35H25BrClIN2O4S/c1-2-43-34(42)29-30(22-11-7-4-8-12-22)39-35-40(31(29)23-13-15-26(37)16-14-23)33(41)28(45-35)18-24-17-25(36)19-27(38)32(24)44-20-21-9-5-3-6-10-21/h3-19,31H,2,20H2,1H3/b28-18-/t31-/m1/s1. The maximum atomic E-state index is 14.3. The fraction of sp³-hybridized carbons (Fsp3) is 0.114. The van der Waals surface area contributed by atoms with E-state index in [0.717, 1.165) is 24.7 Å². The van der Waals surface area contributed by atoms with Crippen LogP contribution in [0.2, 0.25) is 5.02 Å². The lowest BCUT2D eigenvalue weighted by Gasteiger charge is -2.26. The van der Waals surface area contributed by atoms with Crippen LogP contribution >= 0.6 is 61.5 Å². The number of carbonyl (C=O) groups excluding carboxylic acids is 1. The van der Waals surface area contributed by atoms with E-state index >= 15 is 0 Å². The molecule has 1 aliphatic heterocycles. The summed E-state index contributed by atoms with van der Waals surface area (Å²) < 4.78 is 15.6. The van der Waals surface area contributed by atoms with Crippen LogP contribution in [0.4, 0.5) is 0 Å². The number of carbonyl (C=O) groups is 1. The van der Waals surface area contributed by atoms with Gasteiger partial charge in [0, 0.05) is 20.6 Å². The molecule has 0 N–H and O–H groups in total. The van der Waals surface area contributed by atoms with Crippen molar-refractivity contribution in [2.24, 2.45) is 4.99 Å². The summed E-state index contributed by atoms with van der Waals surface area (Å²) in [6.07, 6.45) is 1.83. The summed E-state index contributed by atoms with van der Waals surface area (Å²) >= 11 is 13.3. The van der Waals surface area contributed by atoms with Crippen molar-refractivity contribution in [2.45, 2.75) is 19.6 Å². The zero-order chi connectivity index (χ0) is 31.5. The predicted molar refractivity (Wildman–Crippen MR) is 190 cm³/mol. The van der Waals surface area contributed by atoms with Gasteiger partial charge in [-0.05, 0) is 71.0 Å². The van der Waals surface area contributed by atoms with Crippen molar-refractivity contribution in [1.29, 1.82) is 0 Å². The number of fused-ring (bicyclic) bond motifs is 1. The maximum Gasteiger partial charge on any atom is 0.338 e. The third kappa shape index (κ3) is 6.72. The van der Waals surface area contributed by atoms with Gasteiger partial charge in [-0.15, -0.1) is 0 Å². The third-order valence-electron chi connectivity index (χ3n) is 7.11. The number of thiazole rings is 1. The van der Waals surface area contributed by atoms with Gasteiger partial charge in [-0.3, -0.25) is 9.36 Å². The Kier molecular flexibility index (Phi) is 9.70. The van der Waals surface area contributed by atoms with Gasteiger partial charge in [0.1, 0.15) is 12.4 Å². The first-order valence-electron chi connectivity index (χ1n) is 14.0. The Morgan fingerprint density at radius 3 is 2.42 bits per heavy atom. The van der Waals surface area contributed by atoms with Crippen LogP contribution in [0, 0.1) is 3.57 Å². The van der Waals surface area contributed by atoms with Crippen LogP contribution in [-0.4, -0.2) is 17.1 Å². The van der Waals surface area contributed by atoms with Crippen molar-refractivity contribution in [3.8, 4) is 5.75 Å². The van der Waals surface area contributed by atoms with E-state index in [2.05, 4.69) is 38.5 Å². The molecular weight excluding hydrogens is 787 g/mol. The Bertz CT molecular complexity index is 2100. The van der Waals surface area contributed by atoms with E-state index in [4.69, 9.17) is 26.1 Å². The number of esters is 1. The van der Waals surface area contributed by atoms with E-state index < -0.39 is 12.0 Å². The van der Waals surface area contributed by atoms with E-state index in [-0.39, 0.29) is 17.7 Å². The monoisotopic (exact) mass is 810 g/mol. The first kappa shape index (κ1) is 31.5. The van der Waals surface area contributed by atoms with Crippen molar-refractivity contribution in [1.82, 2.24) is 4.57 Å². The fourth-order valence-electron chi connectivity index (χ4n) is 5.11. The van der Waals surface area contributed by atoms with Gasteiger partial charge in [0.15, 0.2) is 4.80 Å². The van der Waals surface area contributed by atoms with Gasteiger partial charge in [-0.2, -0.15) is 0 Å². The van der Waals surface area contributed by atoms with E-state index in [1.807, 2.05) is 91.0 Å². The van der Waals surface area contributed by atoms with Crippen LogP contribution in [0.5, 0.6) is 5.75 Å². The largest absolute Gasteiger partial charge is 0.487 e. The van der Waals surface area contributed by atoms with Crippen LogP contribution < -0.4 is 19.6 Å². The fourth-order valence-corrected chi connectivity index (χ4v) is 7.94. The zero-order valence-electron chi connectivity index (χ0n) is 23.9. The summed E-state index contributed by atoms with van der Waals surface area (Å²) in [5, 5.41) is 0.545. The third-order valence-corrected chi connectivity index (χ3v) is 9.60. The summed E-state index contributed by atoms with van der Waals surface area (Å²) in [7, 11) is 0. The zero-order valence-corrected chi connectivity index (χ0v) is 29.2. The molecule has 0 spiro atoms. The number of aromatic nitrogens is 1. The molecule has 1 aromatic heterocycles. The second kappa shape index (κ2) is 13.9. The van der Waals surface area contributed by atoms with E-state index in [9.17, 15) is 9.59 Å². The molecule has 0 saturated heterocycles. The lowest BCUT2D eigenvalue weighted by Crippen LogP contribution is -2.40. The number of nitrogens with zero attached hydrogens (tertiary/aromatic N) is 2. The van der Waals surface area contributed by atoms with E-state index in [1.165, 1.54) is 11.3 Å². The molecule has 2 heterocycles. The van der Waals surface area contributed by atoms with Gasteiger partial charge in [-0.25, -0.2) is 9.79 Å². The molecule has 6 nitrogen and oxygen atoms in total. The highest BCUT2D eigenvalue weighted by atomic mass is 127. The molecule has 6 rings (SSSR count). The second-order valence-electron chi connectivity index (χ2n) is 10.1. The van der Waals surface area contributed by atoms with Crippen LogP contribution in [0.25, 0.3) is 11.8 Å². The van der Waals surface area contributed by atoms with Crippen LogP contribution in [0.3, 0.4) is 0 Å². The molecule has 0 aliphatic carbocycles. The number of halogens is 3. The summed E-state index contributed by atoms with van der Waals surface area (Å²) in [5.41, 5.74) is 3.70. The van der Waals surface area contributed by atoms with Crippen molar-refractivity contribution in [3.05, 3.63) is 158 Å². The first-order chi connectivity index (χ1) is 21.8. The highest BCUT2D eigenvalue weighted by Gasteiger charge is 2.35. The number of benzene rings is 4. The predicted octanol–water partition coefficient (Wildman–Crippen LogP) is 7.54. The molecule has 0 fully saturated rings. The van der Waals surface area contributed by atoms with Crippen molar-refractivity contribution < 1.29 is 14.3 Å². The summed E-state index contributed by atoms with van der Waals surface area (Å²) in [4.78, 5) is 33.4. The molecule has 0 bridgehead atoms. The molecular formula is C35H25BrClIN2O4S. The van der Waals surface area contributed by atoms with Crippen molar-refractivity contribution >= 4 is 79.2 Å². The highest BCUT2D eigenvalue weighted by Crippen LogP contribution is 2.36. The lowest BCUT2D eigenvalue weighted by atomic mass is 9.93. The van der Waals surface area contributed by atoms with Crippen molar-refractivity contribution in [2.75, 3.05) is 6.61 Å². The average molecular weight is 812 g/mol. The summed E-state index contributed by atoms with van der Waals surface area (Å²) in [5.74, 6) is 0.132. The molecule has 0 radical (unpaired) electrons. The molecule has 10 heteroatoms. The smallest absolute Gasteiger partial charge is 0.338 e. The van der Waals surface area contributed by atoms with Gasteiger partial charge in [0.2, 0.25) is 0 Å². The number of rotatable bonds is 8. The van der Waals surface area contributed by atoms with E-state index in [0.29, 0.717) is 38.0 Å². The molecule has 0 unspecified atom stereocenters. The molecule has 45 heavy (non-hydrogen) atoms. The number of ether oxygens (including phenoxy) is 2. The average Bonchev–Trinajstić information content (AvgIpc) is 3.35. The van der Waals surface area contributed by atoms with E-state index in [1.54, 1.807) is 23.6 Å². The molecule has 226 valence electrons. The normalized spacial score (nSPS) is 14.6. The highest BCUT2D eigenvalue weighted by molar-refractivity contribution is 14.1. The molecule has 4 aromatic carbocycles. The lowest BCUT2D eigenvalue weighted by molar-refractivity contribution is -0.138. The maximum absolute atomic E-state index is 14.3. The Labute approximate surface area is 290 Å². The summed E-state index contributed by atoms with van der Waals surface area (Å²) in [6.45, 7) is 2.31. The number of hydrogen-bond acceptors (Lipinski definition) is 6. The van der Waals surface area contributed by atoms with Gasteiger partial charge in [-0.1, -0.05) is 112 Å². The van der Waals surface area contributed by atoms with Crippen molar-refractivity contribution in [3.63, 3.8) is 0 Å². The van der Waals surface area contributed by atoms with Gasteiger partial charge >= 0.3 is 5.97 Å². The Morgan fingerprint density at radius 1 is 1.04 bits per heavy atom. The molecule has 1 atom stereocenters. The Balaban J connectivity index is 1.57. The van der Waals surface area contributed by atoms with Crippen LogP contribution in [-0.2, 0) is 16.1 Å². The minimum absolute atomic E-state index is 0.176. The molecule has 0 saturated carbocycles. The minimum Gasteiger partial charge on any atom is -0.487 e. The van der Waals surface area contributed by atoms with Gasteiger partial charge in [0.25, 0.3) is 5.56 Å². The molecule has 5 aromatic rings. The van der Waals surface area contributed by atoms with Crippen LogP contribution in [0.1, 0.15) is 35.2 Å². The number of hydrogen-bond donors (Lipinski definition) is 0. The molecule has 1 aliphatic rings. The summed E-state index contributed by atoms with van der Waals surface area (Å²) in [6, 6.07) is 29.6. The quantitative estimate of drug-likeness (QED) is 0.120.